The molecule has 3 aromatic rings. The Morgan fingerprint density at radius 2 is 2.05 bits per heavy atom. The van der Waals surface area contributed by atoms with E-state index in [4.69, 9.17) is 15.9 Å². The average molecular weight is 299 g/mol. The maximum Gasteiger partial charge on any atom is 0.229 e. The average Bonchev–Trinajstić information content (AvgIpc) is 2.93. The molecule has 1 heterocycles. The number of nitrogens with zero attached hydrogens (tertiary/aromatic N) is 1. The second-order valence-corrected chi connectivity index (χ2v) is 4.87. The van der Waals surface area contributed by atoms with E-state index in [9.17, 15) is 9.18 Å². The summed E-state index contributed by atoms with van der Waals surface area (Å²) >= 11 is 0. The van der Waals surface area contributed by atoms with Crippen molar-refractivity contribution in [2.75, 3.05) is 12.3 Å². The summed E-state index contributed by atoms with van der Waals surface area (Å²) in [5.74, 6) is -0.823. The molecule has 112 valence electrons. The molecule has 5 nitrogen and oxygen atoms in total. The second-order valence-electron chi connectivity index (χ2n) is 4.87. The summed E-state index contributed by atoms with van der Waals surface area (Å²) in [7, 11) is 0. The Balaban J connectivity index is 2.08. The van der Waals surface area contributed by atoms with Gasteiger partial charge in [0.05, 0.1) is 11.1 Å². The van der Waals surface area contributed by atoms with Crippen LogP contribution in [-0.4, -0.2) is 17.3 Å². The zero-order valence-corrected chi connectivity index (χ0v) is 11.7. The molecular weight excluding hydrogens is 285 g/mol. The van der Waals surface area contributed by atoms with Crippen molar-refractivity contribution in [1.29, 1.82) is 0 Å². The third-order valence-corrected chi connectivity index (χ3v) is 3.34. The van der Waals surface area contributed by atoms with Crippen LogP contribution < -0.4 is 11.5 Å². The third kappa shape index (κ3) is 2.44. The van der Waals surface area contributed by atoms with Gasteiger partial charge >= 0.3 is 0 Å². The van der Waals surface area contributed by atoms with Crippen LogP contribution in [0.5, 0.6) is 0 Å². The molecule has 0 radical (unpaired) electrons. The molecule has 0 aliphatic rings. The highest BCUT2D eigenvalue weighted by atomic mass is 19.1. The Kier molecular flexibility index (Phi) is 3.60. The van der Waals surface area contributed by atoms with Crippen molar-refractivity contribution in [1.82, 2.24) is 4.98 Å². The molecule has 2 aromatic carbocycles. The van der Waals surface area contributed by atoms with Crippen molar-refractivity contribution in [3.05, 3.63) is 47.8 Å². The lowest BCUT2D eigenvalue weighted by molar-refractivity contribution is 0.0981. The van der Waals surface area contributed by atoms with Crippen molar-refractivity contribution in [2.45, 2.75) is 6.42 Å². The fraction of sp³-hybridized carbons (Fsp3) is 0.125. The minimum absolute atomic E-state index is 0.0668. The molecule has 22 heavy (non-hydrogen) atoms. The summed E-state index contributed by atoms with van der Waals surface area (Å²) in [4.78, 5) is 16.1. The van der Waals surface area contributed by atoms with Crippen LogP contribution in [0.1, 0.15) is 16.8 Å². The van der Waals surface area contributed by atoms with Crippen LogP contribution in [-0.2, 0) is 0 Å². The molecule has 0 aliphatic heterocycles. The van der Waals surface area contributed by atoms with E-state index in [1.165, 1.54) is 12.1 Å². The maximum atomic E-state index is 14.2. The van der Waals surface area contributed by atoms with E-state index < -0.39 is 5.82 Å². The lowest BCUT2D eigenvalue weighted by Gasteiger charge is -2.06. The number of benzene rings is 2. The second kappa shape index (κ2) is 5.57. The van der Waals surface area contributed by atoms with Crippen molar-refractivity contribution < 1.29 is 13.6 Å². The Morgan fingerprint density at radius 1 is 1.27 bits per heavy atom. The number of oxazole rings is 1. The molecule has 0 amide bonds. The zero-order valence-electron chi connectivity index (χ0n) is 11.7. The van der Waals surface area contributed by atoms with Gasteiger partial charge in [-0.3, -0.25) is 4.79 Å². The van der Waals surface area contributed by atoms with Crippen LogP contribution in [0, 0.1) is 5.82 Å². The maximum absolute atomic E-state index is 14.2. The van der Waals surface area contributed by atoms with E-state index in [2.05, 4.69) is 4.98 Å². The Morgan fingerprint density at radius 3 is 2.77 bits per heavy atom. The van der Waals surface area contributed by atoms with Crippen molar-refractivity contribution >= 4 is 22.6 Å². The number of nitrogen functional groups attached to an aromatic ring is 1. The van der Waals surface area contributed by atoms with Gasteiger partial charge in [0.25, 0.3) is 0 Å². The Labute approximate surface area is 125 Å². The van der Waals surface area contributed by atoms with Gasteiger partial charge in [0.1, 0.15) is 11.3 Å². The van der Waals surface area contributed by atoms with Crippen molar-refractivity contribution in [2.24, 2.45) is 5.73 Å². The Bertz CT molecular complexity index is 825. The molecular formula is C16H14FN3O2. The highest BCUT2D eigenvalue weighted by Crippen LogP contribution is 2.30. The number of carbonyl (C=O) groups is 1. The topological polar surface area (TPSA) is 95.1 Å². The molecule has 0 unspecified atom stereocenters. The molecule has 0 fully saturated rings. The van der Waals surface area contributed by atoms with Gasteiger partial charge < -0.3 is 15.9 Å². The molecule has 0 aliphatic carbocycles. The van der Waals surface area contributed by atoms with Crippen LogP contribution in [0.15, 0.2) is 40.8 Å². The number of Topliss-reactive ketones (excluding diaryl/α,β-unsaturated/α-hetero) is 1. The summed E-state index contributed by atoms with van der Waals surface area (Å²) in [6.45, 7) is 0.158. The first kappa shape index (κ1) is 14.2. The molecule has 0 bridgehead atoms. The minimum atomic E-state index is -0.662. The van der Waals surface area contributed by atoms with Gasteiger partial charge in [-0.25, -0.2) is 9.37 Å². The number of ketones is 1. The minimum Gasteiger partial charge on any atom is -0.436 e. The number of hydrogen-bond donors (Lipinski definition) is 2. The van der Waals surface area contributed by atoms with Crippen LogP contribution in [0.4, 0.5) is 10.1 Å². The lowest BCUT2D eigenvalue weighted by Crippen LogP contribution is -2.10. The number of fused-ring (bicyclic) bond motifs is 1. The van der Waals surface area contributed by atoms with E-state index in [0.29, 0.717) is 16.7 Å². The zero-order chi connectivity index (χ0) is 15.7. The number of carbonyl (C=O) groups excluding carboxylic acids is 1. The summed E-state index contributed by atoms with van der Waals surface area (Å²) < 4.78 is 19.7. The highest BCUT2D eigenvalue weighted by molar-refractivity contribution is 5.98. The first-order valence-electron chi connectivity index (χ1n) is 6.78. The van der Waals surface area contributed by atoms with Crippen LogP contribution in [0.3, 0.4) is 0 Å². The molecule has 0 spiro atoms. The summed E-state index contributed by atoms with van der Waals surface area (Å²) in [6.07, 6.45) is 0.0680. The van der Waals surface area contributed by atoms with Gasteiger partial charge in [-0.05, 0) is 30.8 Å². The van der Waals surface area contributed by atoms with Crippen LogP contribution in [0.2, 0.25) is 0 Å². The predicted molar refractivity (Wildman–Crippen MR) is 81.8 cm³/mol. The van der Waals surface area contributed by atoms with Crippen molar-refractivity contribution in [3.63, 3.8) is 0 Å². The standard InChI is InChI=1S/C16H14FN3O2/c17-11-7-10(12(19)8-9(11)14(21)5-6-18)16-20-13-3-1-2-4-15(13)22-16/h1-4,7-8H,5-6,18-19H2. The molecule has 1 aromatic heterocycles. The predicted octanol–water partition coefficient (Wildman–Crippen LogP) is 2.75. The van der Waals surface area contributed by atoms with Gasteiger partial charge in [-0.1, -0.05) is 12.1 Å². The van der Waals surface area contributed by atoms with Crippen molar-refractivity contribution in [3.8, 4) is 11.5 Å². The Hall–Kier alpha value is -2.73. The highest BCUT2D eigenvalue weighted by Gasteiger charge is 2.18. The molecule has 0 saturated heterocycles. The van der Waals surface area contributed by atoms with Gasteiger partial charge in [0.15, 0.2) is 11.4 Å². The van der Waals surface area contributed by atoms with E-state index in [1.807, 2.05) is 12.1 Å². The summed E-state index contributed by atoms with van der Waals surface area (Å²) in [5, 5.41) is 0. The van der Waals surface area contributed by atoms with Gasteiger partial charge in [0.2, 0.25) is 5.89 Å². The van der Waals surface area contributed by atoms with E-state index in [1.54, 1.807) is 12.1 Å². The molecule has 0 saturated carbocycles. The van der Waals surface area contributed by atoms with Crippen LogP contribution >= 0.6 is 0 Å². The normalized spacial score (nSPS) is 11.0. The molecule has 4 N–H and O–H groups in total. The quantitative estimate of drug-likeness (QED) is 0.570. The monoisotopic (exact) mass is 299 g/mol. The smallest absolute Gasteiger partial charge is 0.229 e. The number of aromatic nitrogens is 1. The number of hydrogen-bond acceptors (Lipinski definition) is 5. The van der Waals surface area contributed by atoms with E-state index in [0.717, 1.165) is 0 Å². The third-order valence-electron chi connectivity index (χ3n) is 3.34. The SMILES string of the molecule is NCCC(=O)c1cc(N)c(-c2nc3ccccc3o2)cc1F. The number of rotatable bonds is 4. The number of halogens is 1. The van der Waals surface area contributed by atoms with E-state index in [-0.39, 0.29) is 35.9 Å². The molecule has 0 atom stereocenters. The fourth-order valence-electron chi connectivity index (χ4n) is 2.24. The van der Waals surface area contributed by atoms with Gasteiger partial charge in [0, 0.05) is 12.1 Å². The van der Waals surface area contributed by atoms with E-state index >= 15 is 0 Å². The molecule has 6 heteroatoms. The fourth-order valence-corrected chi connectivity index (χ4v) is 2.24. The number of para-hydroxylation sites is 2. The summed E-state index contributed by atoms with van der Waals surface area (Å²) in [5.41, 5.74) is 13.0. The number of anilines is 1. The van der Waals surface area contributed by atoms with Gasteiger partial charge in [-0.2, -0.15) is 0 Å². The first-order chi connectivity index (χ1) is 10.6. The first-order valence-corrected chi connectivity index (χ1v) is 6.78. The van der Waals surface area contributed by atoms with Gasteiger partial charge in [-0.15, -0.1) is 0 Å². The van der Waals surface area contributed by atoms with Crippen LogP contribution in [0.25, 0.3) is 22.6 Å². The lowest BCUT2D eigenvalue weighted by atomic mass is 10.0. The molecule has 3 rings (SSSR count). The largest absolute Gasteiger partial charge is 0.436 e. The summed E-state index contributed by atoms with van der Waals surface area (Å²) in [6, 6.07) is 9.66. The number of nitrogens with two attached hydrogens (primary N) is 2.